The van der Waals surface area contributed by atoms with Crippen molar-refractivity contribution in [1.82, 2.24) is 9.97 Å². The third-order valence-electron chi connectivity index (χ3n) is 1.61. The van der Waals surface area contributed by atoms with Gasteiger partial charge in [0.25, 0.3) is 0 Å². The Hall–Kier alpha value is -1.67. The van der Waals surface area contributed by atoms with Crippen molar-refractivity contribution in [3.05, 3.63) is 18.0 Å². The molecule has 0 saturated heterocycles. The highest BCUT2D eigenvalue weighted by atomic mass is 16.5. The molecular weight excluding hydrogens is 194 g/mol. The van der Waals surface area contributed by atoms with Crippen molar-refractivity contribution in [3.63, 3.8) is 0 Å². The van der Waals surface area contributed by atoms with Crippen LogP contribution in [-0.4, -0.2) is 29.3 Å². The van der Waals surface area contributed by atoms with Gasteiger partial charge in [-0.05, 0) is 19.9 Å². The van der Waals surface area contributed by atoms with Crippen molar-refractivity contribution in [2.24, 2.45) is 0 Å². The lowest BCUT2D eigenvalue weighted by molar-refractivity contribution is 0.0607. The van der Waals surface area contributed by atoms with Crippen molar-refractivity contribution in [3.8, 4) is 12.1 Å². The summed E-state index contributed by atoms with van der Waals surface area (Å²) in [4.78, 5) is 7.78. The van der Waals surface area contributed by atoms with Gasteiger partial charge in [0.2, 0.25) is 0 Å². The normalized spacial score (nSPS) is 11.8. The molecule has 0 saturated carbocycles. The molecule has 0 spiro atoms. The average Bonchev–Trinajstić information content (AvgIpc) is 2.26. The molecule has 0 aromatic carbocycles. The third kappa shape index (κ3) is 3.92. The minimum Gasteiger partial charge on any atom is -0.458 e. The Morgan fingerprint density at radius 1 is 1.60 bits per heavy atom. The Bertz CT molecular complexity index is 349. The summed E-state index contributed by atoms with van der Waals surface area (Å²) in [6, 6.07) is 3.66. The van der Waals surface area contributed by atoms with Gasteiger partial charge >= 0.3 is 6.01 Å². The van der Waals surface area contributed by atoms with Gasteiger partial charge in [-0.25, -0.2) is 4.98 Å². The SMILES string of the molecule is CCOCC(C)Oc1nccc(C#N)n1. The molecule has 1 aromatic rings. The largest absolute Gasteiger partial charge is 0.458 e. The van der Waals surface area contributed by atoms with E-state index in [9.17, 15) is 0 Å². The van der Waals surface area contributed by atoms with Gasteiger partial charge in [0.15, 0.2) is 0 Å². The molecule has 80 valence electrons. The summed E-state index contributed by atoms with van der Waals surface area (Å²) < 4.78 is 10.5. The van der Waals surface area contributed by atoms with Gasteiger partial charge in [-0.2, -0.15) is 10.2 Å². The summed E-state index contributed by atoms with van der Waals surface area (Å²) in [5, 5.41) is 8.62. The summed E-state index contributed by atoms with van der Waals surface area (Å²) in [6.45, 7) is 4.90. The van der Waals surface area contributed by atoms with E-state index in [0.29, 0.717) is 18.9 Å². The van der Waals surface area contributed by atoms with Gasteiger partial charge in [0, 0.05) is 12.8 Å². The molecule has 1 aromatic heterocycles. The van der Waals surface area contributed by atoms with Crippen LogP contribution in [0.2, 0.25) is 0 Å². The summed E-state index contributed by atoms with van der Waals surface area (Å²) in [7, 11) is 0. The zero-order valence-corrected chi connectivity index (χ0v) is 8.80. The van der Waals surface area contributed by atoms with E-state index < -0.39 is 0 Å². The number of ether oxygens (including phenoxy) is 2. The standard InChI is InChI=1S/C10H13N3O2/c1-3-14-7-8(2)15-10-12-5-4-9(6-11)13-10/h4-5,8H,3,7H2,1-2H3. The van der Waals surface area contributed by atoms with E-state index in [1.807, 2.05) is 19.9 Å². The molecule has 1 unspecified atom stereocenters. The summed E-state index contributed by atoms with van der Waals surface area (Å²) >= 11 is 0. The minimum absolute atomic E-state index is 0.126. The molecule has 15 heavy (non-hydrogen) atoms. The van der Waals surface area contributed by atoms with E-state index in [-0.39, 0.29) is 12.1 Å². The Labute approximate surface area is 88.7 Å². The molecule has 1 heterocycles. The minimum atomic E-state index is -0.126. The zero-order valence-electron chi connectivity index (χ0n) is 8.80. The predicted octanol–water partition coefficient (Wildman–Crippen LogP) is 1.15. The topological polar surface area (TPSA) is 68.0 Å². The van der Waals surface area contributed by atoms with Crippen LogP contribution in [0, 0.1) is 11.3 Å². The number of nitriles is 1. The molecule has 1 rings (SSSR count). The number of hydrogen-bond donors (Lipinski definition) is 0. The summed E-state index contributed by atoms with van der Waals surface area (Å²) in [5.41, 5.74) is 0.295. The third-order valence-corrected chi connectivity index (χ3v) is 1.61. The van der Waals surface area contributed by atoms with Crippen molar-refractivity contribution >= 4 is 0 Å². The van der Waals surface area contributed by atoms with Crippen LogP contribution in [-0.2, 0) is 4.74 Å². The quantitative estimate of drug-likeness (QED) is 0.724. The summed E-state index contributed by atoms with van der Waals surface area (Å²) in [5.74, 6) is 0. The molecule has 5 nitrogen and oxygen atoms in total. The van der Waals surface area contributed by atoms with E-state index in [2.05, 4.69) is 9.97 Å². The van der Waals surface area contributed by atoms with E-state index >= 15 is 0 Å². The second-order valence-electron chi connectivity index (χ2n) is 2.92. The highest BCUT2D eigenvalue weighted by Crippen LogP contribution is 2.04. The van der Waals surface area contributed by atoms with Gasteiger partial charge in [-0.15, -0.1) is 0 Å². The van der Waals surface area contributed by atoms with Crippen LogP contribution in [0.3, 0.4) is 0 Å². The Morgan fingerprint density at radius 3 is 3.07 bits per heavy atom. The number of nitrogens with zero attached hydrogens (tertiary/aromatic N) is 3. The number of hydrogen-bond acceptors (Lipinski definition) is 5. The van der Waals surface area contributed by atoms with Crippen LogP contribution in [0.25, 0.3) is 0 Å². The molecule has 0 N–H and O–H groups in total. The fraction of sp³-hybridized carbons (Fsp3) is 0.500. The molecule has 0 aliphatic carbocycles. The second kappa shape index (κ2) is 5.94. The maximum absolute atomic E-state index is 8.62. The van der Waals surface area contributed by atoms with E-state index in [1.165, 1.54) is 12.3 Å². The highest BCUT2D eigenvalue weighted by molar-refractivity contribution is 5.19. The molecule has 1 atom stereocenters. The lowest BCUT2D eigenvalue weighted by Crippen LogP contribution is -2.20. The van der Waals surface area contributed by atoms with Crippen molar-refractivity contribution < 1.29 is 9.47 Å². The maximum Gasteiger partial charge on any atom is 0.317 e. The number of aromatic nitrogens is 2. The average molecular weight is 207 g/mol. The first-order chi connectivity index (χ1) is 7.26. The van der Waals surface area contributed by atoms with Gasteiger partial charge in [0.05, 0.1) is 6.61 Å². The first kappa shape index (κ1) is 11.4. The maximum atomic E-state index is 8.62. The first-order valence-electron chi connectivity index (χ1n) is 4.73. The monoisotopic (exact) mass is 207 g/mol. The Morgan fingerprint density at radius 2 is 2.40 bits per heavy atom. The van der Waals surface area contributed by atoms with Gasteiger partial charge < -0.3 is 9.47 Å². The van der Waals surface area contributed by atoms with Crippen LogP contribution < -0.4 is 4.74 Å². The van der Waals surface area contributed by atoms with Crippen molar-refractivity contribution in [1.29, 1.82) is 5.26 Å². The molecule has 0 radical (unpaired) electrons. The molecule has 0 bridgehead atoms. The van der Waals surface area contributed by atoms with E-state index in [1.54, 1.807) is 0 Å². The highest BCUT2D eigenvalue weighted by Gasteiger charge is 2.06. The van der Waals surface area contributed by atoms with Gasteiger partial charge in [-0.1, -0.05) is 0 Å². The summed E-state index contributed by atoms with van der Waals surface area (Å²) in [6.07, 6.45) is 1.37. The molecular formula is C10H13N3O2. The molecule has 0 amide bonds. The lowest BCUT2D eigenvalue weighted by atomic mass is 10.4. The Balaban J connectivity index is 2.53. The molecule has 5 heteroatoms. The second-order valence-corrected chi connectivity index (χ2v) is 2.92. The van der Waals surface area contributed by atoms with Gasteiger partial charge in [-0.3, -0.25) is 0 Å². The zero-order chi connectivity index (χ0) is 11.1. The van der Waals surface area contributed by atoms with Gasteiger partial charge in [0.1, 0.15) is 17.9 Å². The predicted molar refractivity (Wildman–Crippen MR) is 53.3 cm³/mol. The molecule has 0 aliphatic heterocycles. The van der Waals surface area contributed by atoms with E-state index in [0.717, 1.165) is 0 Å². The van der Waals surface area contributed by atoms with Crippen molar-refractivity contribution in [2.75, 3.05) is 13.2 Å². The van der Waals surface area contributed by atoms with Crippen LogP contribution >= 0.6 is 0 Å². The molecule has 0 aliphatic rings. The van der Waals surface area contributed by atoms with Crippen LogP contribution in [0.5, 0.6) is 6.01 Å². The van der Waals surface area contributed by atoms with E-state index in [4.69, 9.17) is 14.7 Å². The fourth-order valence-electron chi connectivity index (χ4n) is 0.958. The molecule has 0 fully saturated rings. The van der Waals surface area contributed by atoms with Crippen LogP contribution in [0.15, 0.2) is 12.3 Å². The van der Waals surface area contributed by atoms with Crippen LogP contribution in [0.1, 0.15) is 19.5 Å². The Kier molecular flexibility index (Phi) is 4.51. The smallest absolute Gasteiger partial charge is 0.317 e. The van der Waals surface area contributed by atoms with Crippen molar-refractivity contribution in [2.45, 2.75) is 20.0 Å². The van der Waals surface area contributed by atoms with Crippen LogP contribution in [0.4, 0.5) is 0 Å². The number of rotatable bonds is 5. The first-order valence-corrected chi connectivity index (χ1v) is 4.73. The fourth-order valence-corrected chi connectivity index (χ4v) is 0.958. The lowest BCUT2D eigenvalue weighted by Gasteiger charge is -2.12.